The minimum absolute atomic E-state index is 0.110. The second kappa shape index (κ2) is 10.1. The molecular weight excluding hydrogens is 478 g/mol. The second-order valence-corrected chi connectivity index (χ2v) is 8.72. The molecule has 0 aromatic carbocycles. The number of carbonyl (C=O) groups excluding carboxylic acids is 1. The Morgan fingerprint density at radius 1 is 1.41 bits per heavy atom. The van der Waals surface area contributed by atoms with E-state index in [-0.39, 0.29) is 24.5 Å². The number of anilines is 2. The Kier molecular flexibility index (Phi) is 7.05. The van der Waals surface area contributed by atoms with E-state index in [0.29, 0.717) is 24.6 Å². The maximum absolute atomic E-state index is 11.5. The Morgan fingerprint density at radius 3 is 3.06 bits per heavy atom. The van der Waals surface area contributed by atoms with Gasteiger partial charge in [-0.3, -0.25) is 4.79 Å². The first kappa shape index (κ1) is 22.3. The van der Waals surface area contributed by atoms with Crippen molar-refractivity contribution in [1.82, 2.24) is 14.6 Å². The minimum atomic E-state index is -0.385. The van der Waals surface area contributed by atoms with Crippen LogP contribution in [0.25, 0.3) is 5.65 Å². The molecule has 10 nitrogen and oxygen atoms in total. The lowest BCUT2D eigenvalue weighted by Gasteiger charge is -2.32. The molecule has 170 valence electrons. The molecule has 4 N–H and O–H groups in total. The molecule has 0 saturated heterocycles. The van der Waals surface area contributed by atoms with Crippen LogP contribution in [0.3, 0.4) is 0 Å². The molecule has 0 spiro atoms. The summed E-state index contributed by atoms with van der Waals surface area (Å²) in [4.78, 5) is 16.2. The number of pyridine rings is 1. The van der Waals surface area contributed by atoms with Gasteiger partial charge in [-0.1, -0.05) is 12.8 Å². The van der Waals surface area contributed by atoms with Gasteiger partial charge in [0.1, 0.15) is 11.6 Å². The fourth-order valence-electron chi connectivity index (χ4n) is 3.98. The number of nitrogens with two attached hydrogens (primary N) is 1. The molecule has 11 heteroatoms. The van der Waals surface area contributed by atoms with E-state index in [9.17, 15) is 10.0 Å². The van der Waals surface area contributed by atoms with E-state index >= 15 is 0 Å². The molecule has 1 saturated carbocycles. The van der Waals surface area contributed by atoms with Crippen LogP contribution in [-0.2, 0) is 16.1 Å². The lowest BCUT2D eigenvalue weighted by atomic mass is 9.85. The molecule has 0 unspecified atom stereocenters. The average Bonchev–Trinajstić information content (AvgIpc) is 3.17. The van der Waals surface area contributed by atoms with Crippen LogP contribution in [0, 0.1) is 11.1 Å². The van der Waals surface area contributed by atoms with E-state index in [4.69, 9.17) is 15.5 Å². The van der Waals surface area contributed by atoms with Crippen LogP contribution in [0.2, 0.25) is 0 Å². The number of hydrogen-bond donors (Lipinski definition) is 3. The SMILES string of the molecule is NCC(=O)OC[C@@H]1CCCC[C@@H]1Nc1cc(NCc2ccc[n+]([O-])c2)n2ncc(Br)c2n1. The van der Waals surface area contributed by atoms with Crippen molar-refractivity contribution in [2.24, 2.45) is 11.7 Å². The summed E-state index contributed by atoms with van der Waals surface area (Å²) in [5.74, 6) is 1.25. The number of hydrogen-bond acceptors (Lipinski definition) is 8. The molecule has 3 aromatic heterocycles. The Balaban J connectivity index is 1.54. The molecular formula is C21H26BrN7O3. The summed E-state index contributed by atoms with van der Waals surface area (Å²) in [5.41, 5.74) is 6.88. The molecule has 0 radical (unpaired) electrons. The van der Waals surface area contributed by atoms with E-state index in [1.807, 2.05) is 12.1 Å². The smallest absolute Gasteiger partial charge is 0.319 e. The standard InChI is InChI=1S/C21H26BrN7O3/c22-16-11-25-29-19(24-10-14-4-3-7-28(31)12-14)8-18(27-21(16)29)26-17-6-2-1-5-15(17)13-32-20(30)9-23/h3-4,7-8,11-12,15,17,24H,1-2,5-6,9-10,13,23H2,(H,26,27)/t15-,17-/m0/s1. The molecule has 32 heavy (non-hydrogen) atoms. The van der Waals surface area contributed by atoms with E-state index in [2.05, 4.69) is 31.7 Å². The van der Waals surface area contributed by atoms with Crippen molar-refractivity contribution in [2.45, 2.75) is 38.3 Å². The summed E-state index contributed by atoms with van der Waals surface area (Å²) in [6, 6.07) is 5.63. The van der Waals surface area contributed by atoms with Gasteiger partial charge in [0.2, 0.25) is 0 Å². The number of halogens is 1. The van der Waals surface area contributed by atoms with Gasteiger partial charge in [-0.25, -0.2) is 4.98 Å². The van der Waals surface area contributed by atoms with E-state index < -0.39 is 0 Å². The summed E-state index contributed by atoms with van der Waals surface area (Å²) in [6.45, 7) is 0.696. The van der Waals surface area contributed by atoms with E-state index in [1.54, 1.807) is 16.8 Å². The van der Waals surface area contributed by atoms with Crippen LogP contribution in [0.1, 0.15) is 31.2 Å². The van der Waals surface area contributed by atoms with Crippen LogP contribution in [0.4, 0.5) is 11.6 Å². The van der Waals surface area contributed by atoms with Gasteiger partial charge in [-0.2, -0.15) is 14.3 Å². The lowest BCUT2D eigenvalue weighted by Crippen LogP contribution is -2.36. The fourth-order valence-corrected chi connectivity index (χ4v) is 4.33. The van der Waals surface area contributed by atoms with Gasteiger partial charge < -0.3 is 26.3 Å². The maximum atomic E-state index is 11.5. The zero-order chi connectivity index (χ0) is 22.5. The summed E-state index contributed by atoms with van der Waals surface area (Å²) < 4.78 is 8.58. The zero-order valence-electron chi connectivity index (χ0n) is 17.5. The Labute approximate surface area is 193 Å². The van der Waals surface area contributed by atoms with Crippen LogP contribution in [-0.4, -0.2) is 39.8 Å². The molecule has 3 aromatic rings. The molecule has 3 heterocycles. The summed E-state index contributed by atoms with van der Waals surface area (Å²) in [7, 11) is 0. The van der Waals surface area contributed by atoms with Crippen molar-refractivity contribution in [1.29, 1.82) is 0 Å². The van der Waals surface area contributed by atoms with Crippen molar-refractivity contribution in [2.75, 3.05) is 23.8 Å². The highest BCUT2D eigenvalue weighted by Crippen LogP contribution is 2.29. The number of ether oxygens (including phenoxy) is 1. The van der Waals surface area contributed by atoms with E-state index in [0.717, 1.165) is 46.3 Å². The van der Waals surface area contributed by atoms with Crippen molar-refractivity contribution in [3.8, 4) is 0 Å². The predicted octanol–water partition coefficient (Wildman–Crippen LogP) is 2.21. The van der Waals surface area contributed by atoms with Crippen LogP contribution in [0.5, 0.6) is 0 Å². The summed E-state index contributed by atoms with van der Waals surface area (Å²) >= 11 is 3.51. The molecule has 1 fully saturated rings. The Morgan fingerprint density at radius 2 is 2.25 bits per heavy atom. The third-order valence-corrected chi connectivity index (χ3v) is 6.17. The van der Waals surface area contributed by atoms with Crippen LogP contribution >= 0.6 is 15.9 Å². The number of carbonyl (C=O) groups is 1. The minimum Gasteiger partial charge on any atom is -0.619 e. The first-order chi connectivity index (χ1) is 15.5. The van der Waals surface area contributed by atoms with Gasteiger partial charge in [-0.15, -0.1) is 0 Å². The molecule has 0 amide bonds. The topological polar surface area (TPSA) is 134 Å². The number of esters is 1. The largest absolute Gasteiger partial charge is 0.619 e. The lowest BCUT2D eigenvalue weighted by molar-refractivity contribution is -0.605. The number of fused-ring (bicyclic) bond motifs is 1. The normalized spacial score (nSPS) is 18.4. The van der Waals surface area contributed by atoms with Crippen molar-refractivity contribution >= 4 is 39.2 Å². The predicted molar refractivity (Wildman–Crippen MR) is 123 cm³/mol. The third kappa shape index (κ3) is 5.28. The summed E-state index contributed by atoms with van der Waals surface area (Å²) in [6.07, 6.45) is 8.82. The summed E-state index contributed by atoms with van der Waals surface area (Å²) in [5, 5.41) is 22.8. The Bertz CT molecular complexity index is 1090. The average molecular weight is 504 g/mol. The highest BCUT2D eigenvalue weighted by Gasteiger charge is 2.27. The van der Waals surface area contributed by atoms with Gasteiger partial charge in [0, 0.05) is 36.2 Å². The first-order valence-electron chi connectivity index (χ1n) is 10.6. The first-order valence-corrected chi connectivity index (χ1v) is 11.4. The number of nitrogens with zero attached hydrogens (tertiary/aromatic N) is 4. The quantitative estimate of drug-likeness (QED) is 0.242. The van der Waals surface area contributed by atoms with Gasteiger partial charge >= 0.3 is 5.97 Å². The molecule has 1 aliphatic carbocycles. The maximum Gasteiger partial charge on any atom is 0.319 e. The van der Waals surface area contributed by atoms with Gasteiger partial charge in [0.05, 0.1) is 23.8 Å². The highest BCUT2D eigenvalue weighted by atomic mass is 79.9. The molecule has 0 bridgehead atoms. The Hall–Kier alpha value is -2.92. The molecule has 0 aliphatic heterocycles. The van der Waals surface area contributed by atoms with Gasteiger partial charge in [-0.05, 0) is 34.8 Å². The zero-order valence-corrected chi connectivity index (χ0v) is 19.1. The number of aromatic nitrogens is 4. The van der Waals surface area contributed by atoms with Gasteiger partial charge in [0.25, 0.3) is 0 Å². The number of nitrogens with one attached hydrogen (secondary N) is 2. The fraction of sp³-hybridized carbons (Fsp3) is 0.429. The number of rotatable bonds is 8. The van der Waals surface area contributed by atoms with Crippen molar-refractivity contribution < 1.29 is 14.3 Å². The third-order valence-electron chi connectivity index (χ3n) is 5.61. The van der Waals surface area contributed by atoms with Crippen LogP contribution in [0.15, 0.2) is 41.3 Å². The van der Waals surface area contributed by atoms with Crippen molar-refractivity contribution in [3.05, 3.63) is 52.0 Å². The molecule has 1 aliphatic rings. The monoisotopic (exact) mass is 503 g/mol. The second-order valence-electron chi connectivity index (χ2n) is 7.86. The van der Waals surface area contributed by atoms with Crippen LogP contribution < -0.4 is 21.1 Å². The molecule has 2 atom stereocenters. The van der Waals surface area contributed by atoms with E-state index in [1.165, 1.54) is 12.4 Å². The van der Waals surface area contributed by atoms with Gasteiger partial charge in [0.15, 0.2) is 18.0 Å². The van der Waals surface area contributed by atoms with Crippen molar-refractivity contribution in [3.63, 3.8) is 0 Å². The highest BCUT2D eigenvalue weighted by molar-refractivity contribution is 9.10. The molecule has 4 rings (SSSR count).